The minimum absolute atomic E-state index is 0.0158. The summed E-state index contributed by atoms with van der Waals surface area (Å²) in [6.07, 6.45) is -0.327. The summed E-state index contributed by atoms with van der Waals surface area (Å²) in [5.41, 5.74) is -2.15. The van der Waals surface area contributed by atoms with Crippen molar-refractivity contribution in [3.05, 3.63) is 29.8 Å². The molecule has 2 N–H and O–H groups in total. The molecule has 1 heterocycles. The zero-order valence-corrected chi connectivity index (χ0v) is 16.1. The monoisotopic (exact) mass is 378 g/mol. The average molecular weight is 378 g/mol. The van der Waals surface area contributed by atoms with E-state index in [0.29, 0.717) is 24.3 Å². The maximum absolute atomic E-state index is 12.2. The first kappa shape index (κ1) is 20.9. The van der Waals surface area contributed by atoms with E-state index in [-0.39, 0.29) is 12.3 Å². The maximum atomic E-state index is 12.2. The number of nitrogens with zero attached hydrogens (tertiary/aromatic N) is 2. The van der Waals surface area contributed by atoms with Gasteiger partial charge in [0.2, 0.25) is 5.91 Å². The van der Waals surface area contributed by atoms with Gasteiger partial charge in [0.1, 0.15) is 0 Å². The number of benzene rings is 1. The molecule has 1 aliphatic heterocycles. The highest BCUT2D eigenvalue weighted by atomic mass is 16.6. The Hall–Kier alpha value is -2.45. The van der Waals surface area contributed by atoms with Crippen molar-refractivity contribution in [3.8, 4) is 0 Å². The van der Waals surface area contributed by atoms with Gasteiger partial charge in [-0.05, 0) is 45.5 Å². The van der Waals surface area contributed by atoms with Crippen LogP contribution in [-0.2, 0) is 25.5 Å². The Morgan fingerprint density at radius 2 is 1.63 bits per heavy atom. The van der Waals surface area contributed by atoms with Crippen molar-refractivity contribution in [2.45, 2.75) is 38.4 Å². The van der Waals surface area contributed by atoms with Gasteiger partial charge in [-0.1, -0.05) is 12.1 Å². The van der Waals surface area contributed by atoms with Crippen molar-refractivity contribution in [1.29, 1.82) is 0 Å². The van der Waals surface area contributed by atoms with Crippen LogP contribution in [0.2, 0.25) is 0 Å². The molecule has 1 fully saturated rings. The van der Waals surface area contributed by atoms with Gasteiger partial charge in [-0.2, -0.15) is 0 Å². The number of piperazine rings is 1. The second-order valence-electron chi connectivity index (χ2n) is 7.78. The van der Waals surface area contributed by atoms with Crippen LogP contribution in [0.25, 0.3) is 0 Å². The molecule has 8 heteroatoms. The number of carbonyl (C=O) groups excluding carboxylic acids is 1. The molecule has 0 saturated carbocycles. The van der Waals surface area contributed by atoms with E-state index < -0.39 is 23.1 Å². The first-order valence-corrected chi connectivity index (χ1v) is 8.69. The summed E-state index contributed by atoms with van der Waals surface area (Å²) >= 11 is 0. The van der Waals surface area contributed by atoms with Gasteiger partial charge in [0.15, 0.2) is 0 Å². The van der Waals surface area contributed by atoms with Gasteiger partial charge in [-0.3, -0.25) is 9.69 Å². The summed E-state index contributed by atoms with van der Waals surface area (Å²) in [6.45, 7) is 6.48. The molecule has 27 heavy (non-hydrogen) atoms. The maximum Gasteiger partial charge on any atom is 0.348 e. The molecule has 148 valence electrons. The Bertz CT molecular complexity index is 709. The van der Waals surface area contributed by atoms with E-state index in [4.69, 9.17) is 4.74 Å². The number of hydrogen-bond acceptors (Lipinski definition) is 5. The van der Waals surface area contributed by atoms with Gasteiger partial charge in [-0.25, -0.2) is 9.59 Å². The molecule has 0 radical (unpaired) electrons. The summed E-state index contributed by atoms with van der Waals surface area (Å²) in [5.74, 6) is -3.12. The molecule has 0 unspecified atom stereocenters. The average Bonchev–Trinajstić information content (AvgIpc) is 2.53. The zero-order chi connectivity index (χ0) is 20.4. The molecule has 1 saturated heterocycles. The molecular weight excluding hydrogens is 352 g/mol. The van der Waals surface area contributed by atoms with E-state index in [1.165, 1.54) is 0 Å². The summed E-state index contributed by atoms with van der Waals surface area (Å²) < 4.78 is 5.46. The van der Waals surface area contributed by atoms with Gasteiger partial charge in [0, 0.05) is 25.2 Å². The van der Waals surface area contributed by atoms with E-state index in [0.717, 1.165) is 6.54 Å². The number of ether oxygens (including phenoxy) is 1. The Morgan fingerprint density at radius 3 is 2.07 bits per heavy atom. The number of amides is 1. The highest BCUT2D eigenvalue weighted by Crippen LogP contribution is 2.27. The lowest BCUT2D eigenvalue weighted by Crippen LogP contribution is -2.54. The molecule has 0 spiro atoms. The van der Waals surface area contributed by atoms with Gasteiger partial charge in [0.25, 0.3) is 5.60 Å². The molecule has 1 amide bonds. The molecule has 0 aromatic heterocycles. The lowest BCUT2D eigenvalue weighted by Gasteiger charge is -2.33. The third-order valence-corrected chi connectivity index (χ3v) is 4.28. The fourth-order valence-corrected chi connectivity index (χ4v) is 3.03. The van der Waals surface area contributed by atoms with Gasteiger partial charge in [-0.15, -0.1) is 0 Å². The summed E-state index contributed by atoms with van der Waals surface area (Å²) in [6, 6.07) is 6.66. The largest absolute Gasteiger partial charge is 0.479 e. The Kier molecular flexibility index (Phi) is 5.91. The smallest absolute Gasteiger partial charge is 0.348 e. The predicted octanol–water partition coefficient (Wildman–Crippen LogP) is 1.23. The van der Waals surface area contributed by atoms with E-state index in [9.17, 15) is 24.6 Å². The van der Waals surface area contributed by atoms with Crippen molar-refractivity contribution in [1.82, 2.24) is 4.90 Å². The van der Waals surface area contributed by atoms with E-state index in [1.807, 2.05) is 11.9 Å². The fraction of sp³-hybridized carbons (Fsp3) is 0.526. The van der Waals surface area contributed by atoms with Crippen LogP contribution in [0.4, 0.5) is 5.69 Å². The molecule has 1 aromatic rings. The molecular formula is C19H26N2O6. The highest BCUT2D eigenvalue weighted by molar-refractivity contribution is 6.02. The minimum Gasteiger partial charge on any atom is -0.479 e. The Balaban J connectivity index is 2.25. The van der Waals surface area contributed by atoms with Crippen LogP contribution in [0.1, 0.15) is 26.3 Å². The van der Waals surface area contributed by atoms with Crippen LogP contribution >= 0.6 is 0 Å². The van der Waals surface area contributed by atoms with Crippen LogP contribution < -0.4 is 4.90 Å². The minimum atomic E-state index is -2.39. The first-order chi connectivity index (χ1) is 12.4. The second-order valence-corrected chi connectivity index (χ2v) is 7.78. The first-order valence-electron chi connectivity index (χ1n) is 8.69. The predicted molar refractivity (Wildman–Crippen MR) is 98.8 cm³/mol. The van der Waals surface area contributed by atoms with Crippen molar-refractivity contribution < 1.29 is 29.3 Å². The number of aliphatic carboxylic acids is 2. The number of carboxylic acid groups (broad SMARTS) is 2. The molecule has 2 rings (SSSR count). The third kappa shape index (κ3) is 4.84. The number of carbonyl (C=O) groups is 3. The number of hydrogen-bond donors (Lipinski definition) is 2. The normalized spacial score (nSPS) is 16.4. The molecule has 8 nitrogen and oxygen atoms in total. The van der Waals surface area contributed by atoms with Crippen LogP contribution in [0.15, 0.2) is 24.3 Å². The SMILES string of the molecule is CN1CCN(c2ccc(CC(OC(C)(C)C)(C(=O)O)C(=O)O)cc2)C(=O)C1. The van der Waals surface area contributed by atoms with E-state index in [2.05, 4.69) is 0 Å². The molecule has 1 aliphatic rings. The topological polar surface area (TPSA) is 107 Å². The van der Waals surface area contributed by atoms with Crippen LogP contribution in [-0.4, -0.2) is 70.8 Å². The number of rotatable bonds is 6. The van der Waals surface area contributed by atoms with Crippen LogP contribution in [0.5, 0.6) is 0 Å². The number of anilines is 1. The highest BCUT2D eigenvalue weighted by Gasteiger charge is 2.50. The van der Waals surface area contributed by atoms with Crippen molar-refractivity contribution in [3.63, 3.8) is 0 Å². The molecule has 0 aliphatic carbocycles. The Morgan fingerprint density at radius 1 is 1.07 bits per heavy atom. The zero-order valence-electron chi connectivity index (χ0n) is 16.1. The number of likely N-dealkylation sites (N-methyl/N-ethyl adjacent to an activating group) is 1. The quantitative estimate of drug-likeness (QED) is 0.717. The van der Waals surface area contributed by atoms with Gasteiger partial charge < -0.3 is 19.8 Å². The van der Waals surface area contributed by atoms with Crippen molar-refractivity contribution in [2.75, 3.05) is 31.6 Å². The molecule has 0 atom stereocenters. The third-order valence-electron chi connectivity index (χ3n) is 4.28. The standard InChI is InChI=1S/C19H26N2O6/c1-18(2,3)27-19(16(23)24,17(25)26)11-13-5-7-14(8-6-13)21-10-9-20(4)12-15(21)22/h5-8H,9-12H2,1-4H3,(H,23,24)(H,25,26). The van der Waals surface area contributed by atoms with Crippen LogP contribution in [0.3, 0.4) is 0 Å². The van der Waals surface area contributed by atoms with Gasteiger partial charge in [0.05, 0.1) is 12.1 Å². The second kappa shape index (κ2) is 7.66. The van der Waals surface area contributed by atoms with Gasteiger partial charge >= 0.3 is 11.9 Å². The van der Waals surface area contributed by atoms with Crippen molar-refractivity contribution >= 4 is 23.5 Å². The fourth-order valence-electron chi connectivity index (χ4n) is 3.03. The van der Waals surface area contributed by atoms with Crippen molar-refractivity contribution in [2.24, 2.45) is 0 Å². The Labute approximate surface area is 158 Å². The number of carboxylic acids is 2. The molecule has 0 bridgehead atoms. The van der Waals surface area contributed by atoms with E-state index in [1.54, 1.807) is 49.9 Å². The lowest BCUT2D eigenvalue weighted by molar-refractivity contribution is -0.199. The summed E-state index contributed by atoms with van der Waals surface area (Å²) in [4.78, 5) is 39.3. The summed E-state index contributed by atoms with van der Waals surface area (Å²) in [7, 11) is 1.88. The molecule has 1 aromatic carbocycles. The summed E-state index contributed by atoms with van der Waals surface area (Å²) in [5, 5.41) is 19.1. The van der Waals surface area contributed by atoms with E-state index >= 15 is 0 Å². The lowest BCUT2D eigenvalue weighted by atomic mass is 9.93. The van der Waals surface area contributed by atoms with Crippen LogP contribution in [0, 0.1) is 0 Å².